The van der Waals surface area contributed by atoms with Gasteiger partial charge in [-0.1, -0.05) is 36.4 Å². The summed E-state index contributed by atoms with van der Waals surface area (Å²) in [5.74, 6) is -1.22. The second-order valence-electron chi connectivity index (χ2n) is 4.56. The van der Waals surface area contributed by atoms with Crippen LogP contribution in [0.2, 0.25) is 0 Å². The fourth-order valence-electron chi connectivity index (χ4n) is 2.24. The highest BCUT2D eigenvalue weighted by molar-refractivity contribution is 5.95. The van der Waals surface area contributed by atoms with Crippen molar-refractivity contribution in [3.8, 4) is 11.1 Å². The molecule has 0 saturated heterocycles. The standard InChI is InChI=1S/C17H11FO2/c18-16-4-2-1-3-15(16)13-7-5-12-10-14(17(19)20)8-6-11(12)9-13/h1-10H,(H,19,20). The summed E-state index contributed by atoms with van der Waals surface area (Å²) in [7, 11) is 0. The number of rotatable bonds is 2. The molecule has 0 spiro atoms. The third-order valence-corrected chi connectivity index (χ3v) is 3.27. The van der Waals surface area contributed by atoms with Gasteiger partial charge in [-0.3, -0.25) is 0 Å². The van der Waals surface area contributed by atoms with Gasteiger partial charge in [0.2, 0.25) is 0 Å². The maximum Gasteiger partial charge on any atom is 0.335 e. The molecule has 2 nitrogen and oxygen atoms in total. The molecule has 0 radical (unpaired) electrons. The molecule has 0 aliphatic carbocycles. The number of carboxylic acids is 1. The number of aromatic carboxylic acids is 1. The van der Waals surface area contributed by atoms with E-state index in [4.69, 9.17) is 5.11 Å². The van der Waals surface area contributed by atoms with Gasteiger partial charge < -0.3 is 5.11 Å². The fourth-order valence-corrected chi connectivity index (χ4v) is 2.24. The Morgan fingerprint density at radius 1 is 0.900 bits per heavy atom. The third-order valence-electron chi connectivity index (χ3n) is 3.27. The molecule has 3 rings (SSSR count). The normalized spacial score (nSPS) is 10.7. The van der Waals surface area contributed by atoms with Gasteiger partial charge in [-0.2, -0.15) is 0 Å². The van der Waals surface area contributed by atoms with Crippen LogP contribution >= 0.6 is 0 Å². The molecule has 0 amide bonds. The summed E-state index contributed by atoms with van der Waals surface area (Å²) in [4.78, 5) is 10.9. The van der Waals surface area contributed by atoms with E-state index >= 15 is 0 Å². The number of benzene rings is 3. The Kier molecular flexibility index (Phi) is 2.95. The zero-order chi connectivity index (χ0) is 14.1. The average molecular weight is 266 g/mol. The van der Waals surface area contributed by atoms with Crippen LogP contribution in [-0.2, 0) is 0 Å². The molecule has 3 aromatic carbocycles. The van der Waals surface area contributed by atoms with Gasteiger partial charge in [0.05, 0.1) is 5.56 Å². The molecule has 0 fully saturated rings. The van der Waals surface area contributed by atoms with Crippen molar-refractivity contribution < 1.29 is 14.3 Å². The van der Waals surface area contributed by atoms with Gasteiger partial charge in [-0.15, -0.1) is 0 Å². The highest BCUT2D eigenvalue weighted by Crippen LogP contribution is 2.27. The van der Waals surface area contributed by atoms with E-state index < -0.39 is 5.97 Å². The van der Waals surface area contributed by atoms with Crippen LogP contribution in [0.5, 0.6) is 0 Å². The third kappa shape index (κ3) is 2.14. The molecule has 98 valence electrons. The molecule has 0 unspecified atom stereocenters. The first kappa shape index (κ1) is 12.4. The number of halogens is 1. The minimum atomic E-state index is -0.954. The fraction of sp³-hybridized carbons (Fsp3) is 0. The first-order valence-electron chi connectivity index (χ1n) is 6.17. The van der Waals surface area contributed by atoms with Gasteiger partial charge in [0.1, 0.15) is 5.82 Å². The summed E-state index contributed by atoms with van der Waals surface area (Å²) in [6.45, 7) is 0. The van der Waals surface area contributed by atoms with Gasteiger partial charge in [0.15, 0.2) is 0 Å². The number of fused-ring (bicyclic) bond motifs is 1. The van der Waals surface area contributed by atoms with E-state index in [0.717, 1.165) is 16.3 Å². The molecule has 3 aromatic rings. The summed E-state index contributed by atoms with van der Waals surface area (Å²) >= 11 is 0. The van der Waals surface area contributed by atoms with Crippen molar-refractivity contribution in [2.45, 2.75) is 0 Å². The number of hydrogen-bond donors (Lipinski definition) is 1. The van der Waals surface area contributed by atoms with Crippen LogP contribution in [0.15, 0.2) is 60.7 Å². The van der Waals surface area contributed by atoms with Crippen LogP contribution in [0, 0.1) is 5.82 Å². The topological polar surface area (TPSA) is 37.3 Å². The Bertz CT molecular complexity index is 809. The molecular weight excluding hydrogens is 255 g/mol. The molecule has 0 bridgehead atoms. The number of hydrogen-bond acceptors (Lipinski definition) is 1. The Morgan fingerprint density at radius 3 is 2.35 bits per heavy atom. The minimum absolute atomic E-state index is 0.246. The first-order valence-corrected chi connectivity index (χ1v) is 6.17. The Hall–Kier alpha value is -2.68. The van der Waals surface area contributed by atoms with E-state index in [9.17, 15) is 9.18 Å². The van der Waals surface area contributed by atoms with Crippen LogP contribution in [0.3, 0.4) is 0 Å². The second-order valence-corrected chi connectivity index (χ2v) is 4.56. The van der Waals surface area contributed by atoms with Crippen molar-refractivity contribution in [1.29, 1.82) is 0 Å². The number of carbonyl (C=O) groups is 1. The smallest absolute Gasteiger partial charge is 0.335 e. The first-order chi connectivity index (χ1) is 9.65. The summed E-state index contributed by atoms with van der Waals surface area (Å²) < 4.78 is 13.8. The molecule has 20 heavy (non-hydrogen) atoms. The molecule has 0 heterocycles. The molecule has 0 saturated carbocycles. The van der Waals surface area contributed by atoms with Crippen LogP contribution in [0.4, 0.5) is 4.39 Å². The SMILES string of the molecule is O=C(O)c1ccc2cc(-c3ccccc3F)ccc2c1. The Morgan fingerprint density at radius 2 is 1.60 bits per heavy atom. The Labute approximate surface area is 115 Å². The van der Waals surface area contributed by atoms with Crippen molar-refractivity contribution in [1.82, 2.24) is 0 Å². The lowest BCUT2D eigenvalue weighted by atomic mass is 10.00. The van der Waals surface area contributed by atoms with Gasteiger partial charge in [-0.05, 0) is 40.6 Å². The van der Waals surface area contributed by atoms with Crippen LogP contribution in [0.25, 0.3) is 21.9 Å². The van der Waals surface area contributed by atoms with Crippen molar-refractivity contribution >= 4 is 16.7 Å². The van der Waals surface area contributed by atoms with E-state index in [-0.39, 0.29) is 11.4 Å². The van der Waals surface area contributed by atoms with E-state index in [1.54, 1.807) is 42.5 Å². The molecule has 3 heteroatoms. The highest BCUT2D eigenvalue weighted by Gasteiger charge is 2.07. The molecule has 0 aromatic heterocycles. The highest BCUT2D eigenvalue weighted by atomic mass is 19.1. The van der Waals surface area contributed by atoms with Gasteiger partial charge in [0, 0.05) is 5.56 Å². The molecule has 0 atom stereocenters. The maximum atomic E-state index is 13.8. The van der Waals surface area contributed by atoms with Crippen LogP contribution in [0.1, 0.15) is 10.4 Å². The van der Waals surface area contributed by atoms with Crippen molar-refractivity contribution in [2.75, 3.05) is 0 Å². The molecule has 0 aliphatic rings. The largest absolute Gasteiger partial charge is 0.478 e. The van der Waals surface area contributed by atoms with Gasteiger partial charge >= 0.3 is 5.97 Å². The summed E-state index contributed by atoms with van der Waals surface area (Å²) in [5, 5.41) is 10.7. The monoisotopic (exact) mass is 266 g/mol. The second kappa shape index (κ2) is 4.78. The van der Waals surface area contributed by atoms with E-state index in [0.29, 0.717) is 5.56 Å². The lowest BCUT2D eigenvalue weighted by molar-refractivity contribution is 0.0697. The lowest BCUT2D eigenvalue weighted by Gasteiger charge is -2.06. The zero-order valence-electron chi connectivity index (χ0n) is 10.5. The summed E-state index contributed by atoms with van der Waals surface area (Å²) in [5.41, 5.74) is 1.56. The maximum absolute atomic E-state index is 13.8. The Balaban J connectivity index is 2.15. The lowest BCUT2D eigenvalue weighted by Crippen LogP contribution is -1.95. The molecule has 1 N–H and O–H groups in total. The predicted octanol–water partition coefficient (Wildman–Crippen LogP) is 4.34. The molecule has 0 aliphatic heterocycles. The van der Waals surface area contributed by atoms with E-state index in [2.05, 4.69) is 0 Å². The minimum Gasteiger partial charge on any atom is -0.478 e. The van der Waals surface area contributed by atoms with Crippen LogP contribution < -0.4 is 0 Å². The van der Waals surface area contributed by atoms with Crippen LogP contribution in [-0.4, -0.2) is 11.1 Å². The van der Waals surface area contributed by atoms with Gasteiger partial charge in [0.25, 0.3) is 0 Å². The number of carboxylic acid groups (broad SMARTS) is 1. The van der Waals surface area contributed by atoms with Crippen molar-refractivity contribution in [2.24, 2.45) is 0 Å². The van der Waals surface area contributed by atoms with E-state index in [1.165, 1.54) is 6.07 Å². The summed E-state index contributed by atoms with van der Waals surface area (Å²) in [6.07, 6.45) is 0. The quantitative estimate of drug-likeness (QED) is 0.749. The van der Waals surface area contributed by atoms with E-state index in [1.807, 2.05) is 12.1 Å². The predicted molar refractivity (Wildman–Crippen MR) is 76.3 cm³/mol. The molecular formula is C17H11FO2. The zero-order valence-corrected chi connectivity index (χ0v) is 10.5. The van der Waals surface area contributed by atoms with Gasteiger partial charge in [-0.25, -0.2) is 9.18 Å². The van der Waals surface area contributed by atoms with Crippen molar-refractivity contribution in [3.05, 3.63) is 72.0 Å². The average Bonchev–Trinajstić information content (AvgIpc) is 2.46. The van der Waals surface area contributed by atoms with Crippen molar-refractivity contribution in [3.63, 3.8) is 0 Å². The summed E-state index contributed by atoms with van der Waals surface area (Å²) in [6, 6.07) is 17.0.